The third-order valence-electron chi connectivity index (χ3n) is 3.50. The number of aryl methyl sites for hydroxylation is 1. The smallest absolute Gasteiger partial charge is 0.269 e. The molecule has 0 heterocycles. The number of hydrogen-bond acceptors (Lipinski definition) is 5. The molecule has 6 nitrogen and oxygen atoms in total. The molecule has 0 amide bonds. The van der Waals surface area contributed by atoms with Gasteiger partial charge in [-0.3, -0.25) is 10.1 Å². The molecule has 1 unspecified atom stereocenters. The van der Waals surface area contributed by atoms with Crippen LogP contribution in [0.3, 0.4) is 0 Å². The molecule has 0 aromatic heterocycles. The Morgan fingerprint density at radius 3 is 2.71 bits per heavy atom. The van der Waals surface area contributed by atoms with E-state index in [1.165, 1.54) is 12.1 Å². The molecule has 0 fully saturated rings. The van der Waals surface area contributed by atoms with Crippen LogP contribution < -0.4 is 10.1 Å². The average Bonchev–Trinajstić information content (AvgIpc) is 2.47. The maximum atomic E-state index is 10.6. The largest absolute Gasteiger partial charge is 0.493 e. The van der Waals surface area contributed by atoms with Crippen LogP contribution in [0.2, 0.25) is 0 Å². The Balaban J connectivity index is 2.40. The molecule has 0 aliphatic heterocycles. The summed E-state index contributed by atoms with van der Waals surface area (Å²) in [4.78, 5) is 10.2. The average molecular weight is 291 g/mol. The minimum absolute atomic E-state index is 0.0682. The Labute approximate surface area is 124 Å². The quantitative estimate of drug-likeness (QED) is 0.452. The topological polar surface area (TPSA) is 88.2 Å². The summed E-state index contributed by atoms with van der Waals surface area (Å²) in [6, 6.07) is 6.82. The number of rotatable bonds is 8. The molecule has 1 rings (SSSR count). The number of benzene rings is 1. The van der Waals surface area contributed by atoms with Crippen molar-refractivity contribution in [3.8, 4) is 11.8 Å². The highest BCUT2D eigenvalue weighted by Gasteiger charge is 2.19. The van der Waals surface area contributed by atoms with Crippen LogP contribution in [0.1, 0.15) is 31.7 Å². The molecule has 0 aliphatic carbocycles. The Morgan fingerprint density at radius 1 is 1.48 bits per heavy atom. The molecular weight excluding hydrogens is 270 g/mol. The molecule has 21 heavy (non-hydrogen) atoms. The highest BCUT2D eigenvalue weighted by molar-refractivity contribution is 5.42. The molecular formula is C15H21N3O3. The number of nitro groups is 1. The monoisotopic (exact) mass is 291 g/mol. The highest BCUT2D eigenvalue weighted by atomic mass is 16.6. The van der Waals surface area contributed by atoms with Crippen LogP contribution in [0.5, 0.6) is 5.75 Å². The third kappa shape index (κ3) is 5.04. The van der Waals surface area contributed by atoms with Crippen molar-refractivity contribution < 1.29 is 9.66 Å². The second kappa shape index (κ2) is 7.60. The second-order valence-corrected chi connectivity index (χ2v) is 5.21. The number of nitrogens with one attached hydrogen (secondary N) is 1. The highest BCUT2D eigenvalue weighted by Crippen LogP contribution is 2.23. The van der Waals surface area contributed by atoms with E-state index in [2.05, 4.69) is 11.4 Å². The van der Waals surface area contributed by atoms with Crippen LogP contribution in [0.15, 0.2) is 18.2 Å². The van der Waals surface area contributed by atoms with Crippen molar-refractivity contribution in [2.75, 3.05) is 13.7 Å². The van der Waals surface area contributed by atoms with Gasteiger partial charge in [0, 0.05) is 12.1 Å². The lowest BCUT2D eigenvalue weighted by atomic mass is 9.97. The number of nitro benzene ring substituents is 1. The summed E-state index contributed by atoms with van der Waals surface area (Å²) < 4.78 is 5.63. The predicted molar refractivity (Wildman–Crippen MR) is 80.3 cm³/mol. The lowest BCUT2D eigenvalue weighted by Crippen LogP contribution is -2.37. The molecule has 0 saturated carbocycles. The molecule has 1 aromatic rings. The molecule has 1 atom stereocenters. The SMILES string of the molecule is CNC(C)(C#N)CCCCOc1ccc([N+](=O)[O-])cc1C. The lowest BCUT2D eigenvalue weighted by Gasteiger charge is -2.20. The Kier molecular flexibility index (Phi) is 6.12. The molecule has 0 radical (unpaired) electrons. The normalized spacial score (nSPS) is 13.2. The minimum atomic E-state index is -0.497. The van der Waals surface area contributed by atoms with E-state index >= 15 is 0 Å². The van der Waals surface area contributed by atoms with Crippen LogP contribution in [0.25, 0.3) is 0 Å². The summed E-state index contributed by atoms with van der Waals surface area (Å²) in [6.07, 6.45) is 2.45. The Bertz CT molecular complexity index is 539. The van der Waals surface area contributed by atoms with Crippen molar-refractivity contribution in [2.45, 2.75) is 38.6 Å². The van der Waals surface area contributed by atoms with Gasteiger partial charge >= 0.3 is 0 Å². The molecule has 6 heteroatoms. The third-order valence-corrected chi connectivity index (χ3v) is 3.50. The Morgan fingerprint density at radius 2 is 2.19 bits per heavy atom. The number of hydrogen-bond donors (Lipinski definition) is 1. The number of nitriles is 1. The molecule has 0 spiro atoms. The summed E-state index contributed by atoms with van der Waals surface area (Å²) in [5.74, 6) is 0.664. The zero-order valence-electron chi connectivity index (χ0n) is 12.7. The van der Waals surface area contributed by atoms with Gasteiger partial charge in [-0.05, 0) is 51.8 Å². The fraction of sp³-hybridized carbons (Fsp3) is 0.533. The van der Waals surface area contributed by atoms with Gasteiger partial charge in [-0.1, -0.05) is 0 Å². The number of non-ortho nitro benzene ring substituents is 1. The van der Waals surface area contributed by atoms with Gasteiger partial charge in [0.2, 0.25) is 0 Å². The van der Waals surface area contributed by atoms with Crippen LogP contribution in [-0.4, -0.2) is 24.1 Å². The lowest BCUT2D eigenvalue weighted by molar-refractivity contribution is -0.384. The maximum absolute atomic E-state index is 10.6. The molecule has 0 saturated heterocycles. The second-order valence-electron chi connectivity index (χ2n) is 5.21. The molecule has 0 aliphatic rings. The molecule has 1 N–H and O–H groups in total. The van der Waals surface area contributed by atoms with Crippen LogP contribution in [0, 0.1) is 28.4 Å². The standard InChI is InChI=1S/C15H21N3O3/c1-12-10-13(18(19)20)6-7-14(12)21-9-5-4-8-15(2,11-16)17-3/h6-7,10,17H,4-5,8-9H2,1-3H3. The fourth-order valence-corrected chi connectivity index (χ4v) is 1.91. The van der Waals surface area contributed by atoms with Gasteiger partial charge < -0.3 is 10.1 Å². The van der Waals surface area contributed by atoms with Crippen LogP contribution in [-0.2, 0) is 0 Å². The summed E-state index contributed by atoms with van der Waals surface area (Å²) in [5.41, 5.74) is 0.323. The van der Waals surface area contributed by atoms with E-state index in [-0.39, 0.29) is 5.69 Å². The maximum Gasteiger partial charge on any atom is 0.269 e. The summed E-state index contributed by atoms with van der Waals surface area (Å²) in [7, 11) is 1.78. The van der Waals surface area contributed by atoms with E-state index in [0.29, 0.717) is 12.4 Å². The van der Waals surface area contributed by atoms with Gasteiger partial charge in [0.15, 0.2) is 0 Å². The van der Waals surface area contributed by atoms with Crippen molar-refractivity contribution in [3.05, 3.63) is 33.9 Å². The van der Waals surface area contributed by atoms with E-state index in [1.807, 2.05) is 6.92 Å². The van der Waals surface area contributed by atoms with Crippen molar-refractivity contribution >= 4 is 5.69 Å². The van der Waals surface area contributed by atoms with Crippen molar-refractivity contribution in [1.29, 1.82) is 5.26 Å². The fourth-order valence-electron chi connectivity index (χ4n) is 1.91. The summed E-state index contributed by atoms with van der Waals surface area (Å²) in [5, 5.41) is 22.7. The van der Waals surface area contributed by atoms with E-state index in [1.54, 1.807) is 20.0 Å². The first kappa shape index (κ1) is 16.9. The first-order valence-corrected chi connectivity index (χ1v) is 6.90. The van der Waals surface area contributed by atoms with Crippen molar-refractivity contribution in [1.82, 2.24) is 5.32 Å². The van der Waals surface area contributed by atoms with Crippen LogP contribution in [0.4, 0.5) is 5.69 Å². The number of nitrogens with zero attached hydrogens (tertiary/aromatic N) is 2. The van der Waals surface area contributed by atoms with E-state index in [0.717, 1.165) is 24.8 Å². The first-order chi connectivity index (χ1) is 9.91. The van der Waals surface area contributed by atoms with Crippen LogP contribution >= 0.6 is 0 Å². The van der Waals surface area contributed by atoms with Gasteiger partial charge in [0.1, 0.15) is 11.3 Å². The van der Waals surface area contributed by atoms with Crippen molar-refractivity contribution in [3.63, 3.8) is 0 Å². The number of unbranched alkanes of at least 4 members (excludes halogenated alkanes) is 1. The van der Waals surface area contributed by atoms with Crippen molar-refractivity contribution in [2.24, 2.45) is 0 Å². The van der Waals surface area contributed by atoms with Gasteiger partial charge in [-0.2, -0.15) is 5.26 Å². The molecule has 0 bridgehead atoms. The van der Waals surface area contributed by atoms with Gasteiger partial charge in [-0.15, -0.1) is 0 Å². The zero-order chi connectivity index (χ0) is 15.9. The zero-order valence-corrected chi connectivity index (χ0v) is 12.7. The van der Waals surface area contributed by atoms with E-state index in [9.17, 15) is 10.1 Å². The number of ether oxygens (including phenoxy) is 1. The molecule has 114 valence electrons. The summed E-state index contributed by atoms with van der Waals surface area (Å²) in [6.45, 7) is 4.19. The first-order valence-electron chi connectivity index (χ1n) is 6.90. The summed E-state index contributed by atoms with van der Waals surface area (Å²) >= 11 is 0. The molecule has 1 aromatic carbocycles. The van der Waals surface area contributed by atoms with E-state index < -0.39 is 10.5 Å². The Hall–Kier alpha value is -2.13. The predicted octanol–water partition coefficient (Wildman–Crippen LogP) is 2.95. The van der Waals surface area contributed by atoms with E-state index in [4.69, 9.17) is 10.00 Å². The minimum Gasteiger partial charge on any atom is -0.493 e. The van der Waals surface area contributed by atoms with Gasteiger partial charge in [0.25, 0.3) is 5.69 Å². The van der Waals surface area contributed by atoms with Gasteiger partial charge in [0.05, 0.1) is 17.6 Å². The van der Waals surface area contributed by atoms with Gasteiger partial charge in [-0.25, -0.2) is 0 Å².